The lowest BCUT2D eigenvalue weighted by molar-refractivity contribution is 0.674. The third-order valence-corrected chi connectivity index (χ3v) is 4.30. The molecule has 102 valence electrons. The molecule has 0 aliphatic carbocycles. The SMILES string of the molecule is CCCNCc1cncc(-c2cccc3ccsc23)c1. The average molecular weight is 282 g/mol. The lowest BCUT2D eigenvalue weighted by atomic mass is 10.0. The van der Waals surface area contributed by atoms with E-state index in [1.807, 2.05) is 12.4 Å². The lowest BCUT2D eigenvalue weighted by Gasteiger charge is -2.07. The van der Waals surface area contributed by atoms with Crippen LogP contribution in [0.1, 0.15) is 18.9 Å². The van der Waals surface area contributed by atoms with Crippen LogP contribution in [0.25, 0.3) is 21.2 Å². The van der Waals surface area contributed by atoms with Crippen molar-refractivity contribution in [2.75, 3.05) is 6.54 Å². The Morgan fingerprint density at radius 2 is 2.15 bits per heavy atom. The summed E-state index contributed by atoms with van der Waals surface area (Å²) in [4.78, 5) is 4.40. The number of aromatic nitrogens is 1. The quantitative estimate of drug-likeness (QED) is 0.699. The van der Waals surface area contributed by atoms with E-state index < -0.39 is 0 Å². The summed E-state index contributed by atoms with van der Waals surface area (Å²) in [6.45, 7) is 4.11. The molecule has 0 bridgehead atoms. The molecule has 2 aromatic heterocycles. The highest BCUT2D eigenvalue weighted by molar-refractivity contribution is 7.17. The van der Waals surface area contributed by atoms with Gasteiger partial charge >= 0.3 is 0 Å². The van der Waals surface area contributed by atoms with Gasteiger partial charge in [0.1, 0.15) is 0 Å². The zero-order valence-electron chi connectivity index (χ0n) is 11.6. The van der Waals surface area contributed by atoms with Gasteiger partial charge in [-0.2, -0.15) is 0 Å². The fraction of sp³-hybridized carbons (Fsp3) is 0.235. The molecule has 2 nitrogen and oxygen atoms in total. The van der Waals surface area contributed by atoms with Crippen LogP contribution in [0.15, 0.2) is 48.1 Å². The van der Waals surface area contributed by atoms with E-state index >= 15 is 0 Å². The van der Waals surface area contributed by atoms with Gasteiger partial charge in [0.05, 0.1) is 0 Å². The first-order valence-electron chi connectivity index (χ1n) is 6.99. The van der Waals surface area contributed by atoms with Gasteiger partial charge in [-0.25, -0.2) is 0 Å². The third-order valence-electron chi connectivity index (χ3n) is 3.34. The van der Waals surface area contributed by atoms with Crippen LogP contribution in [-0.2, 0) is 6.54 Å². The molecule has 0 spiro atoms. The highest BCUT2D eigenvalue weighted by Gasteiger charge is 2.06. The Hall–Kier alpha value is -1.71. The van der Waals surface area contributed by atoms with Crippen molar-refractivity contribution < 1.29 is 0 Å². The van der Waals surface area contributed by atoms with Crippen LogP contribution in [0.5, 0.6) is 0 Å². The van der Waals surface area contributed by atoms with Crippen LogP contribution in [0.2, 0.25) is 0 Å². The Bertz CT molecular complexity index is 703. The van der Waals surface area contributed by atoms with Crippen LogP contribution >= 0.6 is 11.3 Å². The number of benzene rings is 1. The Kier molecular flexibility index (Phi) is 4.09. The van der Waals surface area contributed by atoms with Crippen LogP contribution in [-0.4, -0.2) is 11.5 Å². The van der Waals surface area contributed by atoms with Gasteiger partial charge in [0.25, 0.3) is 0 Å². The van der Waals surface area contributed by atoms with E-state index in [-0.39, 0.29) is 0 Å². The molecule has 0 saturated heterocycles. The maximum atomic E-state index is 4.40. The van der Waals surface area contributed by atoms with Gasteiger partial charge in [-0.05, 0) is 41.4 Å². The highest BCUT2D eigenvalue weighted by atomic mass is 32.1. The van der Waals surface area contributed by atoms with Crippen molar-refractivity contribution in [1.29, 1.82) is 0 Å². The van der Waals surface area contributed by atoms with Crippen LogP contribution in [0.4, 0.5) is 0 Å². The summed E-state index contributed by atoms with van der Waals surface area (Å²) in [7, 11) is 0. The zero-order valence-corrected chi connectivity index (χ0v) is 12.4. The largest absolute Gasteiger partial charge is 0.313 e. The highest BCUT2D eigenvalue weighted by Crippen LogP contribution is 2.32. The second kappa shape index (κ2) is 6.16. The number of nitrogens with one attached hydrogen (secondary N) is 1. The minimum atomic E-state index is 0.884. The number of hydrogen-bond donors (Lipinski definition) is 1. The van der Waals surface area contributed by atoms with Crippen molar-refractivity contribution in [2.24, 2.45) is 0 Å². The Morgan fingerprint density at radius 1 is 1.20 bits per heavy atom. The molecule has 0 aliphatic heterocycles. The summed E-state index contributed by atoms with van der Waals surface area (Å²) in [5, 5.41) is 6.88. The topological polar surface area (TPSA) is 24.9 Å². The monoisotopic (exact) mass is 282 g/mol. The number of fused-ring (bicyclic) bond motifs is 1. The Labute approximate surface area is 123 Å². The fourth-order valence-electron chi connectivity index (χ4n) is 2.36. The molecule has 3 heteroatoms. The van der Waals surface area contributed by atoms with E-state index in [9.17, 15) is 0 Å². The Balaban J connectivity index is 1.93. The van der Waals surface area contributed by atoms with Gasteiger partial charge < -0.3 is 5.32 Å². The van der Waals surface area contributed by atoms with Gasteiger partial charge in [0, 0.05) is 34.8 Å². The van der Waals surface area contributed by atoms with Crippen molar-refractivity contribution in [3.05, 3.63) is 53.7 Å². The van der Waals surface area contributed by atoms with Gasteiger partial charge in [-0.1, -0.05) is 25.1 Å². The third kappa shape index (κ3) is 2.74. The van der Waals surface area contributed by atoms with Crippen LogP contribution in [0.3, 0.4) is 0 Å². The van der Waals surface area contributed by atoms with Gasteiger partial charge in [0.2, 0.25) is 0 Å². The van der Waals surface area contributed by atoms with Crippen LogP contribution in [0, 0.1) is 0 Å². The van der Waals surface area contributed by atoms with E-state index in [1.165, 1.54) is 26.8 Å². The molecule has 20 heavy (non-hydrogen) atoms. The van der Waals surface area contributed by atoms with Crippen molar-refractivity contribution in [1.82, 2.24) is 10.3 Å². The minimum absolute atomic E-state index is 0.884. The van der Waals surface area contributed by atoms with E-state index in [0.29, 0.717) is 0 Å². The number of nitrogens with zero attached hydrogens (tertiary/aromatic N) is 1. The van der Waals surface area contributed by atoms with E-state index in [0.717, 1.165) is 19.5 Å². The first kappa shape index (κ1) is 13.3. The molecule has 0 amide bonds. The molecule has 0 unspecified atom stereocenters. The van der Waals surface area contributed by atoms with E-state index in [2.05, 4.69) is 52.9 Å². The summed E-state index contributed by atoms with van der Waals surface area (Å²) in [5.74, 6) is 0. The molecule has 0 fully saturated rings. The first-order valence-corrected chi connectivity index (χ1v) is 7.87. The summed E-state index contributed by atoms with van der Waals surface area (Å²) in [6.07, 6.45) is 5.06. The van der Waals surface area contributed by atoms with Crippen molar-refractivity contribution in [2.45, 2.75) is 19.9 Å². The Morgan fingerprint density at radius 3 is 3.05 bits per heavy atom. The second-order valence-electron chi connectivity index (χ2n) is 4.90. The maximum absolute atomic E-state index is 4.40. The number of rotatable bonds is 5. The smallest absolute Gasteiger partial charge is 0.0421 e. The second-order valence-corrected chi connectivity index (χ2v) is 5.82. The summed E-state index contributed by atoms with van der Waals surface area (Å²) >= 11 is 1.79. The fourth-order valence-corrected chi connectivity index (χ4v) is 3.30. The number of hydrogen-bond acceptors (Lipinski definition) is 3. The average Bonchev–Trinajstić information content (AvgIpc) is 2.96. The van der Waals surface area contributed by atoms with Gasteiger partial charge in [-0.3, -0.25) is 4.98 Å². The molecule has 0 atom stereocenters. The molecule has 0 saturated carbocycles. The van der Waals surface area contributed by atoms with Crippen LogP contribution < -0.4 is 5.32 Å². The molecular weight excluding hydrogens is 264 g/mol. The maximum Gasteiger partial charge on any atom is 0.0421 e. The summed E-state index contributed by atoms with van der Waals surface area (Å²) in [5.41, 5.74) is 3.72. The van der Waals surface area contributed by atoms with Crippen molar-refractivity contribution >= 4 is 21.4 Å². The zero-order chi connectivity index (χ0) is 13.8. The minimum Gasteiger partial charge on any atom is -0.313 e. The van der Waals surface area contributed by atoms with E-state index in [4.69, 9.17) is 0 Å². The molecule has 1 N–H and O–H groups in total. The summed E-state index contributed by atoms with van der Waals surface area (Å²) < 4.78 is 1.34. The first-order chi connectivity index (χ1) is 9.88. The molecule has 2 heterocycles. The van der Waals surface area contributed by atoms with Crippen molar-refractivity contribution in [3.8, 4) is 11.1 Å². The molecule has 0 aliphatic rings. The molecule has 3 rings (SSSR count). The van der Waals surface area contributed by atoms with E-state index in [1.54, 1.807) is 11.3 Å². The molecule has 1 aromatic carbocycles. The standard InChI is InChI=1S/C17H18N2S/c1-2-7-18-10-13-9-15(12-19-11-13)16-5-3-4-14-6-8-20-17(14)16/h3-6,8-9,11-12,18H,2,7,10H2,1H3. The molecule has 0 radical (unpaired) electrons. The predicted octanol–water partition coefficient (Wildman–Crippen LogP) is 4.46. The summed E-state index contributed by atoms with van der Waals surface area (Å²) in [6, 6.07) is 10.9. The van der Waals surface area contributed by atoms with Gasteiger partial charge in [0.15, 0.2) is 0 Å². The molecule has 3 aromatic rings. The van der Waals surface area contributed by atoms with Crippen molar-refractivity contribution in [3.63, 3.8) is 0 Å². The predicted molar refractivity (Wildman–Crippen MR) is 87.1 cm³/mol. The number of pyridine rings is 1. The van der Waals surface area contributed by atoms with Gasteiger partial charge in [-0.15, -0.1) is 11.3 Å². The lowest BCUT2D eigenvalue weighted by Crippen LogP contribution is -2.13. The normalized spacial score (nSPS) is 11.1. The molecular formula is C17H18N2S. The number of thiophene rings is 1.